The van der Waals surface area contributed by atoms with Gasteiger partial charge < -0.3 is 11.1 Å². The molecule has 3 N–H and O–H groups in total. The van der Waals surface area contributed by atoms with Crippen LogP contribution in [0, 0.1) is 5.92 Å². The van der Waals surface area contributed by atoms with Crippen LogP contribution in [0.15, 0.2) is 30.3 Å². The van der Waals surface area contributed by atoms with Gasteiger partial charge in [0.1, 0.15) is 6.04 Å². The predicted octanol–water partition coefficient (Wildman–Crippen LogP) is 3.16. The van der Waals surface area contributed by atoms with Gasteiger partial charge in [-0.05, 0) is 30.7 Å². The summed E-state index contributed by atoms with van der Waals surface area (Å²) in [6.07, 6.45) is 7.38. The normalized spacial score (nSPS) is 19.3. The third-order valence-corrected chi connectivity index (χ3v) is 4.43. The van der Waals surface area contributed by atoms with Crippen molar-refractivity contribution in [3.63, 3.8) is 0 Å². The van der Waals surface area contributed by atoms with Gasteiger partial charge in [-0.15, -0.1) is 0 Å². The highest BCUT2D eigenvalue weighted by Crippen LogP contribution is 2.28. The van der Waals surface area contributed by atoms with Gasteiger partial charge in [-0.2, -0.15) is 0 Å². The zero-order chi connectivity index (χ0) is 14.4. The van der Waals surface area contributed by atoms with Gasteiger partial charge in [-0.3, -0.25) is 4.79 Å². The van der Waals surface area contributed by atoms with Crippen LogP contribution in [0.2, 0.25) is 0 Å². The lowest BCUT2D eigenvalue weighted by Crippen LogP contribution is -2.44. The van der Waals surface area contributed by atoms with Gasteiger partial charge in [0.2, 0.25) is 5.91 Å². The van der Waals surface area contributed by atoms with Crippen LogP contribution in [0.25, 0.3) is 0 Å². The van der Waals surface area contributed by atoms with E-state index in [0.29, 0.717) is 5.92 Å². The second kappa shape index (κ2) is 7.44. The first kappa shape index (κ1) is 15.0. The van der Waals surface area contributed by atoms with Crippen LogP contribution < -0.4 is 11.1 Å². The lowest BCUT2D eigenvalue weighted by Gasteiger charge is -2.31. The van der Waals surface area contributed by atoms with Gasteiger partial charge >= 0.3 is 0 Å². The highest BCUT2D eigenvalue weighted by molar-refractivity contribution is 5.83. The Bertz CT molecular complexity index is 412. The van der Waals surface area contributed by atoms with Gasteiger partial charge in [-0.1, -0.05) is 56.5 Å². The first-order valence-corrected chi connectivity index (χ1v) is 7.83. The van der Waals surface area contributed by atoms with Crippen molar-refractivity contribution >= 4 is 5.91 Å². The summed E-state index contributed by atoms with van der Waals surface area (Å²) in [6, 6.07) is 9.30. The number of carbonyl (C=O) groups is 1. The van der Waals surface area contributed by atoms with Gasteiger partial charge in [0.15, 0.2) is 0 Å². The summed E-state index contributed by atoms with van der Waals surface area (Å²) in [5.41, 5.74) is 6.94. The van der Waals surface area contributed by atoms with Crippen LogP contribution in [0.1, 0.15) is 57.1 Å². The molecule has 0 spiro atoms. The maximum Gasteiger partial charge on any atom is 0.241 e. The van der Waals surface area contributed by atoms with E-state index < -0.39 is 6.04 Å². The van der Waals surface area contributed by atoms with E-state index >= 15 is 0 Å². The fraction of sp³-hybridized carbons (Fsp3) is 0.588. The zero-order valence-electron chi connectivity index (χ0n) is 12.3. The molecule has 0 heterocycles. The molecular weight excluding hydrogens is 248 g/mol. The van der Waals surface area contributed by atoms with Gasteiger partial charge in [0.05, 0.1) is 0 Å². The fourth-order valence-corrected chi connectivity index (χ4v) is 3.17. The number of carbonyl (C=O) groups excluding carboxylic acids is 1. The molecule has 0 radical (unpaired) electrons. The molecule has 1 unspecified atom stereocenters. The molecular formula is C17H26N2O. The molecule has 3 heteroatoms. The number of benzene rings is 1. The maximum absolute atomic E-state index is 12.3. The van der Waals surface area contributed by atoms with Crippen molar-refractivity contribution in [1.29, 1.82) is 0 Å². The average Bonchev–Trinajstić information content (AvgIpc) is 2.53. The van der Waals surface area contributed by atoms with Crippen molar-refractivity contribution in [3.05, 3.63) is 35.9 Å². The van der Waals surface area contributed by atoms with Crippen LogP contribution >= 0.6 is 0 Å². The van der Waals surface area contributed by atoms with E-state index in [4.69, 9.17) is 5.73 Å². The summed E-state index contributed by atoms with van der Waals surface area (Å²) >= 11 is 0. The smallest absolute Gasteiger partial charge is 0.241 e. The van der Waals surface area contributed by atoms with Crippen molar-refractivity contribution in [1.82, 2.24) is 5.32 Å². The molecule has 20 heavy (non-hydrogen) atoms. The minimum absolute atomic E-state index is 0.0476. The predicted molar refractivity (Wildman–Crippen MR) is 82.2 cm³/mol. The van der Waals surface area contributed by atoms with Crippen molar-refractivity contribution in [2.24, 2.45) is 11.7 Å². The second-order valence-corrected chi connectivity index (χ2v) is 5.81. The first-order chi connectivity index (χ1) is 9.72. The highest BCUT2D eigenvalue weighted by Gasteiger charge is 2.25. The Hall–Kier alpha value is -1.35. The molecule has 1 aliphatic rings. The van der Waals surface area contributed by atoms with Crippen molar-refractivity contribution < 1.29 is 4.79 Å². The molecule has 0 bridgehead atoms. The zero-order valence-corrected chi connectivity index (χ0v) is 12.3. The topological polar surface area (TPSA) is 55.1 Å². The molecule has 1 aromatic carbocycles. The molecule has 3 nitrogen and oxygen atoms in total. The first-order valence-electron chi connectivity index (χ1n) is 7.83. The molecule has 0 aromatic heterocycles. The molecule has 2 atom stereocenters. The molecule has 2 rings (SSSR count). The van der Waals surface area contributed by atoms with Gasteiger partial charge in [-0.25, -0.2) is 0 Å². The quantitative estimate of drug-likeness (QED) is 0.866. The Balaban J connectivity index is 1.94. The lowest BCUT2D eigenvalue weighted by molar-refractivity contribution is -0.123. The summed E-state index contributed by atoms with van der Waals surface area (Å²) in [6.45, 7) is 2.15. The van der Waals surface area contributed by atoms with E-state index in [1.807, 2.05) is 30.3 Å². The maximum atomic E-state index is 12.3. The van der Waals surface area contributed by atoms with E-state index in [9.17, 15) is 4.79 Å². The number of amides is 1. The molecule has 1 aliphatic carbocycles. The summed E-state index contributed by atoms with van der Waals surface area (Å²) < 4.78 is 0. The minimum Gasteiger partial charge on any atom is -0.351 e. The fourth-order valence-electron chi connectivity index (χ4n) is 3.17. The van der Waals surface area contributed by atoms with E-state index in [1.165, 1.54) is 32.1 Å². The van der Waals surface area contributed by atoms with Crippen LogP contribution in [0.3, 0.4) is 0 Å². The minimum atomic E-state index is -0.561. The Morgan fingerprint density at radius 1 is 1.25 bits per heavy atom. The average molecular weight is 274 g/mol. The van der Waals surface area contributed by atoms with Gasteiger partial charge in [0.25, 0.3) is 0 Å². The standard InChI is InChI=1S/C17H26N2O/c1-2-15(13-9-5-3-6-10-13)19-17(20)16(18)14-11-7-4-8-12-14/h4,7-8,11-13,15-16H,2-3,5-6,9-10,18H2,1H3,(H,19,20)/t15?,16-/m1/s1. The Morgan fingerprint density at radius 3 is 2.50 bits per heavy atom. The molecule has 1 fully saturated rings. The van der Waals surface area contributed by atoms with Crippen LogP contribution in [0.5, 0.6) is 0 Å². The molecule has 0 saturated heterocycles. The van der Waals surface area contributed by atoms with Crippen LogP contribution in [0.4, 0.5) is 0 Å². The van der Waals surface area contributed by atoms with Crippen molar-refractivity contribution in [2.75, 3.05) is 0 Å². The summed E-state index contributed by atoms with van der Waals surface area (Å²) in [5, 5.41) is 3.17. The SMILES string of the molecule is CCC(NC(=O)[C@H](N)c1ccccc1)C1CCCCC1. The second-order valence-electron chi connectivity index (χ2n) is 5.81. The number of nitrogens with one attached hydrogen (secondary N) is 1. The van der Waals surface area contributed by atoms with Gasteiger partial charge in [0, 0.05) is 6.04 Å². The lowest BCUT2D eigenvalue weighted by atomic mass is 9.83. The monoisotopic (exact) mass is 274 g/mol. The Morgan fingerprint density at radius 2 is 1.90 bits per heavy atom. The third kappa shape index (κ3) is 3.83. The molecule has 110 valence electrons. The van der Waals surface area contributed by atoms with Crippen LogP contribution in [-0.4, -0.2) is 11.9 Å². The summed E-state index contributed by atoms with van der Waals surface area (Å²) in [7, 11) is 0. The molecule has 1 amide bonds. The summed E-state index contributed by atoms with van der Waals surface area (Å²) in [5.74, 6) is 0.578. The highest BCUT2D eigenvalue weighted by atomic mass is 16.2. The number of nitrogens with two attached hydrogens (primary N) is 1. The largest absolute Gasteiger partial charge is 0.351 e. The van der Waals surface area contributed by atoms with E-state index in [-0.39, 0.29) is 11.9 Å². The number of hydrogen-bond donors (Lipinski definition) is 2. The number of hydrogen-bond acceptors (Lipinski definition) is 2. The summed E-state index contributed by atoms with van der Waals surface area (Å²) in [4.78, 5) is 12.3. The molecule has 0 aliphatic heterocycles. The van der Waals surface area contributed by atoms with Crippen LogP contribution in [-0.2, 0) is 4.79 Å². The molecule has 1 aromatic rings. The number of rotatable bonds is 5. The van der Waals surface area contributed by atoms with Crippen molar-refractivity contribution in [2.45, 2.75) is 57.5 Å². The Labute approximate surface area is 121 Å². The van der Waals surface area contributed by atoms with Crippen molar-refractivity contribution in [3.8, 4) is 0 Å². The molecule has 1 saturated carbocycles. The Kier molecular flexibility index (Phi) is 5.60. The van der Waals surface area contributed by atoms with E-state index in [0.717, 1.165) is 12.0 Å². The third-order valence-electron chi connectivity index (χ3n) is 4.43. The van der Waals surface area contributed by atoms with E-state index in [1.54, 1.807) is 0 Å². The van der Waals surface area contributed by atoms with E-state index in [2.05, 4.69) is 12.2 Å².